The summed E-state index contributed by atoms with van der Waals surface area (Å²) in [5.74, 6) is 2.08. The van der Waals surface area contributed by atoms with E-state index in [1.165, 1.54) is 0 Å². The molecule has 8 heteroatoms. The maximum absolute atomic E-state index is 12.8. The average Bonchev–Trinajstić information content (AvgIpc) is 3.16. The lowest BCUT2D eigenvalue weighted by molar-refractivity contribution is -0.123. The third kappa shape index (κ3) is 3.22. The van der Waals surface area contributed by atoms with Gasteiger partial charge >= 0.3 is 0 Å². The van der Waals surface area contributed by atoms with Crippen LogP contribution in [-0.2, 0) is 14.9 Å². The number of nitrogens with zero attached hydrogens (tertiary/aromatic N) is 2. The van der Waals surface area contributed by atoms with Crippen LogP contribution in [0, 0.1) is 0 Å². The Bertz CT molecular complexity index is 870. The molecule has 0 spiro atoms. The van der Waals surface area contributed by atoms with Crippen molar-refractivity contribution in [3.63, 3.8) is 0 Å². The Morgan fingerprint density at radius 3 is 2.79 bits per heavy atom. The van der Waals surface area contributed by atoms with Gasteiger partial charge in [-0.05, 0) is 31.0 Å². The quantitative estimate of drug-likeness (QED) is 0.807. The van der Waals surface area contributed by atoms with Gasteiger partial charge in [-0.25, -0.2) is 0 Å². The summed E-state index contributed by atoms with van der Waals surface area (Å²) in [4.78, 5) is 15.1. The van der Waals surface area contributed by atoms with Crippen LogP contribution in [0.5, 0.6) is 11.5 Å². The van der Waals surface area contributed by atoms with Crippen molar-refractivity contribution in [1.82, 2.24) is 15.4 Å². The number of fused-ring (bicyclic) bond motifs is 1. The van der Waals surface area contributed by atoms with E-state index in [9.17, 15) is 4.79 Å². The lowest BCUT2D eigenvalue weighted by Crippen LogP contribution is -2.43. The SMILES string of the molecule is O=C(NCCN1CCOCC1)C1(c2cc(-c3ccc4c(c3)OCO4)on2)CC1. The van der Waals surface area contributed by atoms with Gasteiger partial charge in [0.2, 0.25) is 12.7 Å². The molecule has 1 saturated carbocycles. The number of rotatable bonds is 6. The zero-order chi connectivity index (χ0) is 19.0. The molecule has 2 aliphatic heterocycles. The Morgan fingerprint density at radius 2 is 1.96 bits per heavy atom. The maximum atomic E-state index is 12.8. The van der Waals surface area contributed by atoms with Crippen molar-refractivity contribution in [2.75, 3.05) is 46.2 Å². The molecule has 2 aromatic rings. The second-order valence-electron chi connectivity index (χ2n) is 7.44. The lowest BCUT2D eigenvalue weighted by Gasteiger charge is -2.26. The van der Waals surface area contributed by atoms with Crippen LogP contribution in [0.4, 0.5) is 0 Å². The Labute approximate surface area is 162 Å². The van der Waals surface area contributed by atoms with Crippen molar-refractivity contribution >= 4 is 5.91 Å². The predicted molar refractivity (Wildman–Crippen MR) is 99.2 cm³/mol. The smallest absolute Gasteiger partial charge is 0.232 e. The fourth-order valence-electron chi connectivity index (χ4n) is 3.73. The summed E-state index contributed by atoms with van der Waals surface area (Å²) in [5.41, 5.74) is 0.999. The van der Waals surface area contributed by atoms with Crippen LogP contribution in [0.1, 0.15) is 18.5 Å². The number of amides is 1. The highest BCUT2D eigenvalue weighted by Gasteiger charge is 2.53. The van der Waals surface area contributed by atoms with Crippen molar-refractivity contribution in [2.24, 2.45) is 0 Å². The zero-order valence-corrected chi connectivity index (χ0v) is 15.6. The zero-order valence-electron chi connectivity index (χ0n) is 15.6. The molecular weight excluding hydrogens is 362 g/mol. The third-order valence-corrected chi connectivity index (χ3v) is 5.66. The number of carbonyl (C=O) groups is 1. The molecule has 1 aromatic carbocycles. The van der Waals surface area contributed by atoms with Crippen LogP contribution in [0.15, 0.2) is 28.8 Å². The highest BCUT2D eigenvalue weighted by Crippen LogP contribution is 2.48. The van der Waals surface area contributed by atoms with Crippen molar-refractivity contribution in [3.05, 3.63) is 30.0 Å². The van der Waals surface area contributed by atoms with Crippen LogP contribution >= 0.6 is 0 Å². The average molecular weight is 385 g/mol. The molecule has 5 rings (SSSR count). The van der Waals surface area contributed by atoms with Crippen LogP contribution in [-0.4, -0.2) is 62.1 Å². The summed E-state index contributed by atoms with van der Waals surface area (Å²) in [7, 11) is 0. The van der Waals surface area contributed by atoms with E-state index >= 15 is 0 Å². The summed E-state index contributed by atoms with van der Waals surface area (Å²) in [6.07, 6.45) is 1.59. The molecule has 28 heavy (non-hydrogen) atoms. The molecule has 0 bridgehead atoms. The molecule has 0 radical (unpaired) electrons. The first-order chi connectivity index (χ1) is 13.7. The van der Waals surface area contributed by atoms with E-state index in [0.29, 0.717) is 23.7 Å². The first-order valence-corrected chi connectivity index (χ1v) is 9.70. The van der Waals surface area contributed by atoms with E-state index in [1.807, 2.05) is 24.3 Å². The molecule has 1 saturated heterocycles. The van der Waals surface area contributed by atoms with Gasteiger partial charge in [0.15, 0.2) is 17.3 Å². The largest absolute Gasteiger partial charge is 0.454 e. The Morgan fingerprint density at radius 1 is 1.14 bits per heavy atom. The highest BCUT2D eigenvalue weighted by molar-refractivity contribution is 5.91. The number of ether oxygens (including phenoxy) is 3. The minimum absolute atomic E-state index is 0.0336. The molecule has 8 nitrogen and oxygen atoms in total. The number of hydrogen-bond acceptors (Lipinski definition) is 7. The molecule has 2 fully saturated rings. The number of carbonyl (C=O) groups excluding carboxylic acids is 1. The summed E-state index contributed by atoms with van der Waals surface area (Å²) in [6, 6.07) is 7.49. The Balaban J connectivity index is 1.24. The van der Waals surface area contributed by atoms with E-state index in [4.69, 9.17) is 18.7 Å². The number of morpholine rings is 1. The van der Waals surface area contributed by atoms with Crippen LogP contribution in [0.3, 0.4) is 0 Å². The highest BCUT2D eigenvalue weighted by atomic mass is 16.7. The van der Waals surface area contributed by atoms with Crippen LogP contribution < -0.4 is 14.8 Å². The molecule has 1 aromatic heterocycles. The molecule has 148 valence electrons. The van der Waals surface area contributed by atoms with E-state index in [1.54, 1.807) is 0 Å². The second-order valence-corrected chi connectivity index (χ2v) is 7.44. The van der Waals surface area contributed by atoms with Gasteiger partial charge in [-0.3, -0.25) is 9.69 Å². The predicted octanol–water partition coefficient (Wildman–Crippen LogP) is 1.55. The van der Waals surface area contributed by atoms with Crippen molar-refractivity contribution in [1.29, 1.82) is 0 Å². The molecule has 0 unspecified atom stereocenters. The molecule has 1 amide bonds. The van der Waals surface area contributed by atoms with Crippen molar-refractivity contribution < 1.29 is 23.5 Å². The third-order valence-electron chi connectivity index (χ3n) is 5.66. The molecule has 3 heterocycles. The van der Waals surface area contributed by atoms with E-state index < -0.39 is 5.41 Å². The maximum Gasteiger partial charge on any atom is 0.232 e. The number of hydrogen-bond donors (Lipinski definition) is 1. The Kier molecular flexibility index (Phi) is 4.44. The van der Waals surface area contributed by atoms with Crippen molar-refractivity contribution in [3.8, 4) is 22.8 Å². The topological polar surface area (TPSA) is 86.1 Å². The minimum Gasteiger partial charge on any atom is -0.454 e. The standard InChI is InChI=1S/C20H23N3O5/c24-19(21-5-6-23-7-9-25-10-8-23)20(3-4-20)18-12-16(28-22-18)14-1-2-15-17(11-14)27-13-26-15/h1-2,11-12H,3-10,13H2,(H,21,24). The molecule has 3 aliphatic rings. The van der Waals surface area contributed by atoms with Gasteiger partial charge in [0.25, 0.3) is 0 Å². The van der Waals surface area contributed by atoms with Gasteiger partial charge in [-0.2, -0.15) is 0 Å². The monoisotopic (exact) mass is 385 g/mol. The molecular formula is C20H23N3O5. The van der Waals surface area contributed by atoms with Gasteiger partial charge in [-0.15, -0.1) is 0 Å². The van der Waals surface area contributed by atoms with Gasteiger partial charge < -0.3 is 24.1 Å². The molecule has 1 N–H and O–H groups in total. The van der Waals surface area contributed by atoms with Gasteiger partial charge in [-0.1, -0.05) is 5.16 Å². The number of aromatic nitrogens is 1. The Hall–Kier alpha value is -2.58. The van der Waals surface area contributed by atoms with E-state index in [0.717, 1.165) is 57.0 Å². The first kappa shape index (κ1) is 17.5. The van der Waals surface area contributed by atoms with Gasteiger partial charge in [0.1, 0.15) is 0 Å². The first-order valence-electron chi connectivity index (χ1n) is 9.70. The normalized spacial score (nSPS) is 20.1. The number of nitrogens with one attached hydrogen (secondary N) is 1. The van der Waals surface area contributed by atoms with E-state index in [-0.39, 0.29) is 12.7 Å². The van der Waals surface area contributed by atoms with Crippen LogP contribution in [0.25, 0.3) is 11.3 Å². The number of benzene rings is 1. The fourth-order valence-corrected chi connectivity index (χ4v) is 3.73. The minimum atomic E-state index is -0.552. The second kappa shape index (κ2) is 7.10. The summed E-state index contributed by atoms with van der Waals surface area (Å²) in [5, 5.41) is 7.28. The fraction of sp³-hybridized carbons (Fsp3) is 0.500. The summed E-state index contributed by atoms with van der Waals surface area (Å²) >= 11 is 0. The van der Waals surface area contributed by atoms with Crippen LogP contribution in [0.2, 0.25) is 0 Å². The lowest BCUT2D eigenvalue weighted by atomic mass is 10.0. The molecule has 0 atom stereocenters. The van der Waals surface area contributed by atoms with E-state index in [2.05, 4.69) is 15.4 Å². The molecule has 1 aliphatic carbocycles. The van der Waals surface area contributed by atoms with Gasteiger partial charge in [0.05, 0.1) is 24.3 Å². The summed E-state index contributed by atoms with van der Waals surface area (Å²) in [6.45, 7) is 5.07. The summed E-state index contributed by atoms with van der Waals surface area (Å²) < 4.78 is 21.6. The van der Waals surface area contributed by atoms with Crippen molar-refractivity contribution in [2.45, 2.75) is 18.3 Å². The van der Waals surface area contributed by atoms with Gasteiger partial charge in [0, 0.05) is 37.8 Å².